The molecule has 1 aliphatic rings. The van der Waals surface area contributed by atoms with Gasteiger partial charge in [-0.1, -0.05) is 27.5 Å². The van der Waals surface area contributed by atoms with Crippen LogP contribution in [-0.4, -0.2) is 11.9 Å². The number of hydrogen-bond donors (Lipinski definition) is 1. The van der Waals surface area contributed by atoms with Crippen LogP contribution in [0.15, 0.2) is 22.7 Å². The van der Waals surface area contributed by atoms with Crippen molar-refractivity contribution in [2.45, 2.75) is 31.7 Å². The van der Waals surface area contributed by atoms with Gasteiger partial charge in [-0.25, -0.2) is 0 Å². The molecule has 0 unspecified atom stereocenters. The van der Waals surface area contributed by atoms with Gasteiger partial charge in [0.2, 0.25) is 5.91 Å². The lowest BCUT2D eigenvalue weighted by Crippen LogP contribution is -2.40. The maximum atomic E-state index is 11.7. The third-order valence-electron chi connectivity index (χ3n) is 2.83. The molecule has 16 heavy (non-hydrogen) atoms. The summed E-state index contributed by atoms with van der Waals surface area (Å²) in [7, 11) is 0. The predicted molar refractivity (Wildman–Crippen MR) is 68.6 cm³/mol. The molecule has 0 aliphatic heterocycles. The van der Waals surface area contributed by atoms with Gasteiger partial charge >= 0.3 is 0 Å². The van der Waals surface area contributed by atoms with Crippen LogP contribution in [-0.2, 0) is 11.2 Å². The number of benzene rings is 1. The van der Waals surface area contributed by atoms with Crippen molar-refractivity contribution < 1.29 is 4.79 Å². The summed E-state index contributed by atoms with van der Waals surface area (Å²) >= 11 is 9.40. The van der Waals surface area contributed by atoms with E-state index in [2.05, 4.69) is 21.2 Å². The van der Waals surface area contributed by atoms with Gasteiger partial charge in [0, 0.05) is 15.5 Å². The van der Waals surface area contributed by atoms with Crippen molar-refractivity contribution in [3.8, 4) is 0 Å². The Morgan fingerprint density at radius 3 is 2.88 bits per heavy atom. The first-order valence-electron chi connectivity index (χ1n) is 5.38. The minimum absolute atomic E-state index is 0.0599. The van der Waals surface area contributed by atoms with Crippen LogP contribution >= 0.6 is 27.5 Å². The molecular weight excluding hydrogens is 289 g/mol. The second-order valence-corrected chi connectivity index (χ2v) is 5.43. The molecule has 1 saturated carbocycles. The third kappa shape index (κ3) is 2.98. The summed E-state index contributed by atoms with van der Waals surface area (Å²) in [4.78, 5) is 11.7. The molecule has 86 valence electrons. The van der Waals surface area contributed by atoms with Gasteiger partial charge in [-0.05, 0) is 43.0 Å². The first-order valence-corrected chi connectivity index (χ1v) is 6.55. The Morgan fingerprint density at radius 2 is 2.25 bits per heavy atom. The van der Waals surface area contributed by atoms with Crippen LogP contribution in [0.3, 0.4) is 0 Å². The van der Waals surface area contributed by atoms with Crippen molar-refractivity contribution in [2.75, 3.05) is 0 Å². The molecule has 0 bridgehead atoms. The summed E-state index contributed by atoms with van der Waals surface area (Å²) in [5, 5.41) is 3.64. The fourth-order valence-electron chi connectivity index (χ4n) is 1.68. The highest BCUT2D eigenvalue weighted by Crippen LogP contribution is 2.22. The Labute approximate surface area is 108 Å². The SMILES string of the molecule is O=C(Cc1cc(Br)ccc1Cl)NC1CCC1. The summed E-state index contributed by atoms with van der Waals surface area (Å²) in [6.45, 7) is 0. The van der Waals surface area contributed by atoms with Gasteiger partial charge in [0.15, 0.2) is 0 Å². The zero-order valence-electron chi connectivity index (χ0n) is 8.80. The van der Waals surface area contributed by atoms with Crippen molar-refractivity contribution in [3.05, 3.63) is 33.3 Å². The molecule has 4 heteroatoms. The van der Waals surface area contributed by atoms with E-state index < -0.39 is 0 Å². The molecule has 0 aromatic heterocycles. The Hall–Kier alpha value is -0.540. The molecule has 0 atom stereocenters. The van der Waals surface area contributed by atoms with Crippen LogP contribution in [0.25, 0.3) is 0 Å². The number of nitrogens with one attached hydrogen (secondary N) is 1. The lowest BCUT2D eigenvalue weighted by Gasteiger charge is -2.26. The number of carbonyl (C=O) groups excluding carboxylic acids is 1. The molecule has 1 fully saturated rings. The molecular formula is C12H13BrClNO. The maximum Gasteiger partial charge on any atom is 0.224 e. The number of rotatable bonds is 3. The predicted octanol–water partition coefficient (Wildman–Crippen LogP) is 3.31. The number of amides is 1. The van der Waals surface area contributed by atoms with Crippen LogP contribution in [0.2, 0.25) is 5.02 Å². The van der Waals surface area contributed by atoms with Gasteiger partial charge in [0.05, 0.1) is 6.42 Å². The molecule has 1 amide bonds. The average molecular weight is 303 g/mol. The number of halogens is 2. The molecule has 1 aromatic rings. The van der Waals surface area contributed by atoms with E-state index in [1.807, 2.05) is 12.1 Å². The smallest absolute Gasteiger partial charge is 0.224 e. The minimum Gasteiger partial charge on any atom is -0.353 e. The van der Waals surface area contributed by atoms with E-state index >= 15 is 0 Å². The van der Waals surface area contributed by atoms with E-state index in [1.165, 1.54) is 6.42 Å². The summed E-state index contributed by atoms with van der Waals surface area (Å²) in [6, 6.07) is 5.95. The minimum atomic E-state index is 0.0599. The summed E-state index contributed by atoms with van der Waals surface area (Å²) < 4.78 is 0.948. The fourth-order valence-corrected chi connectivity index (χ4v) is 2.28. The zero-order valence-corrected chi connectivity index (χ0v) is 11.1. The lowest BCUT2D eigenvalue weighted by molar-refractivity contribution is -0.121. The Morgan fingerprint density at radius 1 is 1.50 bits per heavy atom. The quantitative estimate of drug-likeness (QED) is 0.912. The van der Waals surface area contributed by atoms with Gasteiger partial charge < -0.3 is 5.32 Å². The van der Waals surface area contributed by atoms with Crippen LogP contribution in [0, 0.1) is 0 Å². The highest BCUT2D eigenvalue weighted by atomic mass is 79.9. The van der Waals surface area contributed by atoms with Crippen molar-refractivity contribution >= 4 is 33.4 Å². The maximum absolute atomic E-state index is 11.7. The van der Waals surface area contributed by atoms with E-state index in [-0.39, 0.29) is 5.91 Å². The molecule has 2 nitrogen and oxygen atoms in total. The zero-order chi connectivity index (χ0) is 11.5. The molecule has 2 rings (SSSR count). The van der Waals surface area contributed by atoms with Crippen molar-refractivity contribution in [1.29, 1.82) is 0 Å². The number of carbonyl (C=O) groups is 1. The van der Waals surface area contributed by atoms with Crippen LogP contribution < -0.4 is 5.32 Å². The molecule has 0 heterocycles. The topological polar surface area (TPSA) is 29.1 Å². The second-order valence-electron chi connectivity index (χ2n) is 4.11. The monoisotopic (exact) mass is 301 g/mol. The molecule has 0 saturated heterocycles. The average Bonchev–Trinajstić information content (AvgIpc) is 2.18. The number of hydrogen-bond acceptors (Lipinski definition) is 1. The van der Waals surface area contributed by atoms with Crippen LogP contribution in [0.1, 0.15) is 24.8 Å². The molecule has 1 N–H and O–H groups in total. The van der Waals surface area contributed by atoms with Gasteiger partial charge in [-0.3, -0.25) is 4.79 Å². The standard InChI is InChI=1S/C12H13BrClNO/c13-9-4-5-11(14)8(6-9)7-12(16)15-10-2-1-3-10/h4-6,10H,1-3,7H2,(H,15,16). The van der Waals surface area contributed by atoms with Crippen LogP contribution in [0.5, 0.6) is 0 Å². The summed E-state index contributed by atoms with van der Waals surface area (Å²) in [6.07, 6.45) is 3.80. The summed E-state index contributed by atoms with van der Waals surface area (Å²) in [5.74, 6) is 0.0599. The first-order chi connectivity index (χ1) is 7.65. The third-order valence-corrected chi connectivity index (χ3v) is 3.69. The highest BCUT2D eigenvalue weighted by Gasteiger charge is 2.19. The highest BCUT2D eigenvalue weighted by molar-refractivity contribution is 9.10. The van der Waals surface area contributed by atoms with Gasteiger partial charge in [0.25, 0.3) is 0 Å². The molecule has 0 spiro atoms. The van der Waals surface area contributed by atoms with E-state index in [0.29, 0.717) is 17.5 Å². The normalized spacial score (nSPS) is 15.6. The van der Waals surface area contributed by atoms with E-state index in [0.717, 1.165) is 22.9 Å². The Kier molecular flexibility index (Phi) is 3.87. The van der Waals surface area contributed by atoms with Crippen molar-refractivity contribution in [1.82, 2.24) is 5.32 Å². The largest absolute Gasteiger partial charge is 0.353 e. The van der Waals surface area contributed by atoms with Crippen molar-refractivity contribution in [3.63, 3.8) is 0 Å². The Bertz CT molecular complexity index is 404. The summed E-state index contributed by atoms with van der Waals surface area (Å²) in [5.41, 5.74) is 0.868. The molecule has 0 radical (unpaired) electrons. The van der Waals surface area contributed by atoms with E-state index in [9.17, 15) is 4.79 Å². The van der Waals surface area contributed by atoms with Gasteiger partial charge in [0.1, 0.15) is 0 Å². The van der Waals surface area contributed by atoms with Crippen LogP contribution in [0.4, 0.5) is 0 Å². The molecule has 1 aromatic carbocycles. The second kappa shape index (κ2) is 5.19. The van der Waals surface area contributed by atoms with Gasteiger partial charge in [-0.2, -0.15) is 0 Å². The molecule has 1 aliphatic carbocycles. The fraction of sp³-hybridized carbons (Fsp3) is 0.417. The Balaban J connectivity index is 1.96. The van der Waals surface area contributed by atoms with E-state index in [4.69, 9.17) is 11.6 Å². The van der Waals surface area contributed by atoms with Crippen molar-refractivity contribution in [2.24, 2.45) is 0 Å². The van der Waals surface area contributed by atoms with E-state index in [1.54, 1.807) is 6.07 Å². The van der Waals surface area contributed by atoms with Gasteiger partial charge in [-0.15, -0.1) is 0 Å². The first kappa shape index (κ1) is 11.9. The lowest BCUT2D eigenvalue weighted by atomic mass is 9.93.